The molecule has 3 nitrogen and oxygen atoms in total. The lowest BCUT2D eigenvalue weighted by Gasteiger charge is -2.21. The molecule has 0 aliphatic rings. The first-order chi connectivity index (χ1) is 8.61. The van der Waals surface area contributed by atoms with Gasteiger partial charge in [-0.1, -0.05) is 25.5 Å². The molecule has 1 aromatic carbocycles. The molecule has 0 spiro atoms. The molecule has 0 amide bonds. The number of carbonyl (C=O) groups is 1. The molecule has 0 heterocycles. The van der Waals surface area contributed by atoms with E-state index < -0.39 is 5.97 Å². The van der Waals surface area contributed by atoms with Gasteiger partial charge in [-0.2, -0.15) is 0 Å². The lowest BCUT2D eigenvalue weighted by molar-refractivity contribution is -0.137. The van der Waals surface area contributed by atoms with Crippen LogP contribution in [0.3, 0.4) is 0 Å². The lowest BCUT2D eigenvalue weighted by atomic mass is 10.2. The summed E-state index contributed by atoms with van der Waals surface area (Å²) < 4.78 is 12.8. The predicted molar refractivity (Wildman–Crippen MR) is 68.8 cm³/mol. The molecule has 0 saturated carbocycles. The quantitative estimate of drug-likeness (QED) is 0.774. The van der Waals surface area contributed by atoms with Crippen LogP contribution in [0.2, 0.25) is 0 Å². The van der Waals surface area contributed by atoms with Gasteiger partial charge in [0.05, 0.1) is 6.42 Å². The third kappa shape index (κ3) is 5.77. The molecule has 18 heavy (non-hydrogen) atoms. The van der Waals surface area contributed by atoms with Crippen molar-refractivity contribution in [3.05, 3.63) is 35.6 Å². The molecule has 4 heteroatoms. The summed E-state index contributed by atoms with van der Waals surface area (Å²) in [4.78, 5) is 12.7. The maximum absolute atomic E-state index is 12.8. The molecule has 100 valence electrons. The van der Waals surface area contributed by atoms with Crippen molar-refractivity contribution in [3.8, 4) is 0 Å². The van der Waals surface area contributed by atoms with E-state index in [9.17, 15) is 9.18 Å². The lowest BCUT2D eigenvalue weighted by Crippen LogP contribution is -2.27. The van der Waals surface area contributed by atoms with Gasteiger partial charge in [0.15, 0.2) is 0 Å². The van der Waals surface area contributed by atoms with Gasteiger partial charge in [0, 0.05) is 13.1 Å². The minimum Gasteiger partial charge on any atom is -0.481 e. The maximum Gasteiger partial charge on any atom is 0.304 e. The van der Waals surface area contributed by atoms with Crippen molar-refractivity contribution in [3.63, 3.8) is 0 Å². The van der Waals surface area contributed by atoms with Gasteiger partial charge in [0.2, 0.25) is 0 Å². The Kier molecular flexibility index (Phi) is 6.36. The zero-order valence-electron chi connectivity index (χ0n) is 10.7. The van der Waals surface area contributed by atoms with Crippen LogP contribution in [0.4, 0.5) is 4.39 Å². The van der Waals surface area contributed by atoms with Gasteiger partial charge in [-0.3, -0.25) is 9.69 Å². The highest BCUT2D eigenvalue weighted by atomic mass is 19.1. The number of unbranched alkanes of at least 4 members (excludes halogenated alkanes) is 1. The van der Waals surface area contributed by atoms with E-state index in [2.05, 4.69) is 11.8 Å². The number of benzene rings is 1. The van der Waals surface area contributed by atoms with E-state index in [1.807, 2.05) is 0 Å². The second kappa shape index (κ2) is 7.82. The van der Waals surface area contributed by atoms with Gasteiger partial charge in [0.25, 0.3) is 0 Å². The van der Waals surface area contributed by atoms with Gasteiger partial charge in [-0.15, -0.1) is 0 Å². The fraction of sp³-hybridized carbons (Fsp3) is 0.500. The Morgan fingerprint density at radius 3 is 2.50 bits per heavy atom. The number of halogens is 1. The number of hydrogen-bond acceptors (Lipinski definition) is 2. The average molecular weight is 253 g/mol. The van der Waals surface area contributed by atoms with Crippen molar-refractivity contribution in [2.24, 2.45) is 0 Å². The van der Waals surface area contributed by atoms with Gasteiger partial charge >= 0.3 is 5.97 Å². The van der Waals surface area contributed by atoms with Gasteiger partial charge in [-0.05, 0) is 30.7 Å². The molecule has 0 radical (unpaired) electrons. The Hall–Kier alpha value is -1.42. The summed E-state index contributed by atoms with van der Waals surface area (Å²) in [6.45, 7) is 4.19. The first kappa shape index (κ1) is 14.6. The molecule has 1 rings (SSSR count). The van der Waals surface area contributed by atoms with E-state index in [1.165, 1.54) is 12.1 Å². The van der Waals surface area contributed by atoms with Crippen LogP contribution >= 0.6 is 0 Å². The largest absolute Gasteiger partial charge is 0.481 e. The normalized spacial score (nSPS) is 10.8. The van der Waals surface area contributed by atoms with E-state index in [0.717, 1.165) is 24.9 Å². The van der Waals surface area contributed by atoms with Crippen LogP contribution in [-0.2, 0) is 11.3 Å². The zero-order valence-corrected chi connectivity index (χ0v) is 10.7. The van der Waals surface area contributed by atoms with Crippen molar-refractivity contribution in [2.75, 3.05) is 13.1 Å². The van der Waals surface area contributed by atoms with Crippen LogP contribution in [-0.4, -0.2) is 29.1 Å². The summed E-state index contributed by atoms with van der Waals surface area (Å²) in [6.07, 6.45) is 2.26. The number of hydrogen-bond donors (Lipinski definition) is 1. The van der Waals surface area contributed by atoms with E-state index in [0.29, 0.717) is 13.1 Å². The second-order valence-corrected chi connectivity index (χ2v) is 4.40. The van der Waals surface area contributed by atoms with E-state index in [4.69, 9.17) is 5.11 Å². The van der Waals surface area contributed by atoms with Crippen molar-refractivity contribution in [1.29, 1.82) is 0 Å². The number of rotatable bonds is 8. The summed E-state index contributed by atoms with van der Waals surface area (Å²) in [5.74, 6) is -1.03. The molecule has 1 aromatic rings. The number of carboxylic acids is 1. The summed E-state index contributed by atoms with van der Waals surface area (Å²) in [5, 5.41) is 8.71. The number of aliphatic carboxylic acids is 1. The zero-order chi connectivity index (χ0) is 13.4. The minimum absolute atomic E-state index is 0.144. The highest BCUT2D eigenvalue weighted by molar-refractivity contribution is 5.66. The summed E-state index contributed by atoms with van der Waals surface area (Å²) in [6, 6.07) is 6.36. The molecule has 0 aliphatic carbocycles. The molecule has 0 saturated heterocycles. The molecule has 0 fully saturated rings. The van der Waals surface area contributed by atoms with Gasteiger partial charge in [0.1, 0.15) is 5.82 Å². The summed E-state index contributed by atoms with van der Waals surface area (Å²) in [7, 11) is 0. The van der Waals surface area contributed by atoms with Crippen LogP contribution in [0.15, 0.2) is 24.3 Å². The predicted octanol–water partition coefficient (Wildman–Crippen LogP) is 2.90. The van der Waals surface area contributed by atoms with Crippen LogP contribution in [0.1, 0.15) is 31.7 Å². The Morgan fingerprint density at radius 1 is 1.28 bits per heavy atom. The smallest absolute Gasteiger partial charge is 0.304 e. The highest BCUT2D eigenvalue weighted by Crippen LogP contribution is 2.08. The fourth-order valence-electron chi connectivity index (χ4n) is 1.75. The van der Waals surface area contributed by atoms with Crippen molar-refractivity contribution >= 4 is 5.97 Å². The Bertz CT molecular complexity index is 365. The average Bonchev–Trinajstić information content (AvgIpc) is 2.35. The van der Waals surface area contributed by atoms with Gasteiger partial charge < -0.3 is 5.11 Å². The first-order valence-electron chi connectivity index (χ1n) is 6.30. The van der Waals surface area contributed by atoms with E-state index >= 15 is 0 Å². The SMILES string of the molecule is CCCCN(CCC(=O)O)Cc1ccc(F)cc1. The number of nitrogens with zero attached hydrogens (tertiary/aromatic N) is 1. The third-order valence-corrected chi connectivity index (χ3v) is 2.79. The molecule has 0 bridgehead atoms. The summed E-state index contributed by atoms with van der Waals surface area (Å²) in [5.41, 5.74) is 1.01. The molecule has 1 N–H and O–H groups in total. The fourth-order valence-corrected chi connectivity index (χ4v) is 1.75. The van der Waals surface area contributed by atoms with Crippen molar-refractivity contribution in [1.82, 2.24) is 4.90 Å². The van der Waals surface area contributed by atoms with Crippen LogP contribution in [0, 0.1) is 5.82 Å². The monoisotopic (exact) mass is 253 g/mol. The first-order valence-corrected chi connectivity index (χ1v) is 6.30. The number of carboxylic acid groups (broad SMARTS) is 1. The van der Waals surface area contributed by atoms with Gasteiger partial charge in [-0.25, -0.2) is 4.39 Å². The Balaban J connectivity index is 2.53. The molecule has 0 atom stereocenters. The van der Waals surface area contributed by atoms with E-state index in [-0.39, 0.29) is 12.2 Å². The second-order valence-electron chi connectivity index (χ2n) is 4.40. The van der Waals surface area contributed by atoms with Crippen LogP contribution in [0.5, 0.6) is 0 Å². The van der Waals surface area contributed by atoms with E-state index in [1.54, 1.807) is 12.1 Å². The topological polar surface area (TPSA) is 40.5 Å². The Labute approximate surface area is 107 Å². The molecular weight excluding hydrogens is 233 g/mol. The molecule has 0 aliphatic heterocycles. The maximum atomic E-state index is 12.8. The molecular formula is C14H20FNO2. The Morgan fingerprint density at radius 2 is 1.94 bits per heavy atom. The van der Waals surface area contributed by atoms with Crippen molar-refractivity contribution < 1.29 is 14.3 Å². The standard InChI is InChI=1S/C14H20FNO2/c1-2-3-9-16(10-8-14(17)18)11-12-4-6-13(15)7-5-12/h4-7H,2-3,8-11H2,1H3,(H,17,18). The van der Waals surface area contributed by atoms with Crippen LogP contribution in [0.25, 0.3) is 0 Å². The highest BCUT2D eigenvalue weighted by Gasteiger charge is 2.08. The third-order valence-electron chi connectivity index (χ3n) is 2.79. The van der Waals surface area contributed by atoms with Crippen molar-refractivity contribution in [2.45, 2.75) is 32.7 Å². The minimum atomic E-state index is -0.782. The molecule has 0 unspecified atom stereocenters. The molecule has 0 aromatic heterocycles. The summed E-state index contributed by atoms with van der Waals surface area (Å²) >= 11 is 0. The van der Waals surface area contributed by atoms with Crippen LogP contribution < -0.4 is 0 Å².